The number of para-hydroxylation sites is 1. The van der Waals surface area contributed by atoms with Crippen molar-refractivity contribution in [1.82, 2.24) is 20.0 Å². The Morgan fingerprint density at radius 3 is 2.76 bits per heavy atom. The highest BCUT2D eigenvalue weighted by atomic mass is 32.2. The van der Waals surface area contributed by atoms with Crippen LogP contribution in [-0.4, -0.2) is 62.8 Å². The lowest BCUT2D eigenvalue weighted by Crippen LogP contribution is -2.58. The van der Waals surface area contributed by atoms with Crippen LogP contribution in [0.4, 0.5) is 0 Å². The van der Waals surface area contributed by atoms with Crippen molar-refractivity contribution in [3.8, 4) is 5.75 Å². The zero-order valence-corrected chi connectivity index (χ0v) is 17.4. The van der Waals surface area contributed by atoms with Gasteiger partial charge in [0.2, 0.25) is 17.7 Å². The number of hydrogen-bond acceptors (Lipinski definition) is 7. The number of amides is 2. The summed E-state index contributed by atoms with van der Waals surface area (Å²) in [5.41, 5.74) is 0.392. The van der Waals surface area contributed by atoms with Gasteiger partial charge in [0.25, 0.3) is 5.22 Å². The van der Waals surface area contributed by atoms with E-state index in [0.29, 0.717) is 37.3 Å². The van der Waals surface area contributed by atoms with Gasteiger partial charge < -0.3 is 19.0 Å². The minimum atomic E-state index is -0.599. The fraction of sp³-hybridized carbons (Fsp3) is 0.500. The monoisotopic (exact) mass is 416 g/mol. The van der Waals surface area contributed by atoms with Crippen LogP contribution in [0.5, 0.6) is 5.75 Å². The summed E-state index contributed by atoms with van der Waals surface area (Å²) in [6, 6.07) is 7.81. The molecular weight excluding hydrogens is 392 g/mol. The van der Waals surface area contributed by atoms with Crippen molar-refractivity contribution in [2.24, 2.45) is 0 Å². The minimum absolute atomic E-state index is 0.000403. The molecule has 29 heavy (non-hydrogen) atoms. The van der Waals surface area contributed by atoms with E-state index in [1.807, 2.05) is 34.1 Å². The van der Waals surface area contributed by atoms with Crippen LogP contribution in [0.3, 0.4) is 0 Å². The first-order valence-corrected chi connectivity index (χ1v) is 10.7. The Bertz CT molecular complexity index is 917. The zero-order valence-electron chi connectivity index (χ0n) is 16.6. The number of piperidine rings is 1. The average molecular weight is 417 g/mol. The van der Waals surface area contributed by atoms with E-state index in [1.54, 1.807) is 13.8 Å². The molecule has 2 aliphatic heterocycles. The fourth-order valence-corrected chi connectivity index (χ4v) is 4.61. The van der Waals surface area contributed by atoms with Gasteiger partial charge >= 0.3 is 0 Å². The van der Waals surface area contributed by atoms with Crippen LogP contribution in [0.2, 0.25) is 0 Å². The summed E-state index contributed by atoms with van der Waals surface area (Å²) < 4.78 is 11.8. The first-order valence-electron chi connectivity index (χ1n) is 9.67. The number of carbonyl (C=O) groups is 2. The quantitative estimate of drug-likeness (QED) is 0.709. The van der Waals surface area contributed by atoms with Crippen molar-refractivity contribution in [3.05, 3.63) is 35.7 Å². The molecular formula is C20H24N4O4S. The van der Waals surface area contributed by atoms with Crippen molar-refractivity contribution < 1.29 is 18.7 Å². The van der Waals surface area contributed by atoms with Gasteiger partial charge in [0, 0.05) is 32.5 Å². The molecule has 4 rings (SSSR count). The predicted octanol–water partition coefficient (Wildman–Crippen LogP) is 2.27. The van der Waals surface area contributed by atoms with Gasteiger partial charge in [0.05, 0.1) is 18.8 Å². The number of rotatable bonds is 3. The molecule has 1 spiro atoms. The Morgan fingerprint density at radius 2 is 2.00 bits per heavy atom. The lowest BCUT2D eigenvalue weighted by Gasteiger charge is -2.43. The minimum Gasteiger partial charge on any atom is -0.483 e. The summed E-state index contributed by atoms with van der Waals surface area (Å²) in [6.07, 6.45) is 1.62. The highest BCUT2D eigenvalue weighted by Crippen LogP contribution is 2.35. The van der Waals surface area contributed by atoms with E-state index in [2.05, 4.69) is 10.2 Å². The van der Waals surface area contributed by atoms with E-state index in [9.17, 15) is 9.59 Å². The molecule has 1 fully saturated rings. The lowest BCUT2D eigenvalue weighted by atomic mass is 9.91. The number of carbonyl (C=O) groups excluding carboxylic acids is 2. The second-order valence-corrected chi connectivity index (χ2v) is 8.49. The van der Waals surface area contributed by atoms with E-state index < -0.39 is 5.60 Å². The van der Waals surface area contributed by atoms with E-state index in [-0.39, 0.29) is 17.6 Å². The maximum Gasteiger partial charge on any atom is 0.277 e. The van der Waals surface area contributed by atoms with Crippen LogP contribution in [0.25, 0.3) is 0 Å². The van der Waals surface area contributed by atoms with E-state index in [4.69, 9.17) is 9.15 Å². The Balaban J connectivity index is 1.50. The second kappa shape index (κ2) is 8.06. The van der Waals surface area contributed by atoms with E-state index in [0.717, 1.165) is 24.2 Å². The van der Waals surface area contributed by atoms with Crippen LogP contribution in [0.15, 0.2) is 33.9 Å². The number of fused-ring (bicyclic) bond motifs is 1. The Kier molecular flexibility index (Phi) is 5.49. The summed E-state index contributed by atoms with van der Waals surface area (Å²) in [5, 5.41) is 8.10. The van der Waals surface area contributed by atoms with Gasteiger partial charge in [-0.25, -0.2) is 0 Å². The summed E-state index contributed by atoms with van der Waals surface area (Å²) in [6.45, 7) is 5.42. The van der Waals surface area contributed by atoms with Crippen LogP contribution in [-0.2, 0) is 16.1 Å². The van der Waals surface area contributed by atoms with Gasteiger partial charge in [-0.1, -0.05) is 30.0 Å². The highest BCUT2D eigenvalue weighted by Gasteiger charge is 2.43. The van der Waals surface area contributed by atoms with Crippen molar-refractivity contribution in [3.63, 3.8) is 0 Å². The zero-order chi connectivity index (χ0) is 20.4. The fourth-order valence-electron chi connectivity index (χ4n) is 3.91. The van der Waals surface area contributed by atoms with Crippen LogP contribution in [0, 0.1) is 6.92 Å². The van der Waals surface area contributed by atoms with Gasteiger partial charge in [-0.2, -0.15) is 0 Å². The first-order chi connectivity index (χ1) is 13.9. The molecule has 9 heteroatoms. The number of hydrogen-bond donors (Lipinski definition) is 0. The summed E-state index contributed by atoms with van der Waals surface area (Å²) >= 11 is 1.24. The molecule has 1 unspecified atom stereocenters. The standard InChI is InChI=1S/C20H24N4O4S/c1-14-21-22-19(27-14)29-11-18(26)23-9-5-8-20(12-23)13-24(15(2)25)10-16-6-3-4-7-17(16)28-20/h3-4,6-7H,5,8-13H2,1-2H3. The van der Waals surface area contributed by atoms with Crippen LogP contribution >= 0.6 is 11.8 Å². The number of aromatic nitrogens is 2. The lowest BCUT2D eigenvalue weighted by molar-refractivity contribution is -0.138. The topological polar surface area (TPSA) is 88.8 Å². The third kappa shape index (κ3) is 4.39. The maximum absolute atomic E-state index is 12.8. The Labute approximate surface area is 173 Å². The molecule has 0 bridgehead atoms. The molecule has 2 aromatic rings. The Hall–Kier alpha value is -2.55. The van der Waals surface area contributed by atoms with Gasteiger partial charge in [-0.05, 0) is 18.9 Å². The third-order valence-corrected chi connectivity index (χ3v) is 6.11. The largest absolute Gasteiger partial charge is 0.483 e. The summed E-state index contributed by atoms with van der Waals surface area (Å²) in [5.74, 6) is 1.51. The van der Waals surface area contributed by atoms with Gasteiger partial charge in [-0.15, -0.1) is 10.2 Å². The average Bonchev–Trinajstić information content (AvgIpc) is 3.04. The Morgan fingerprint density at radius 1 is 1.21 bits per heavy atom. The molecule has 8 nitrogen and oxygen atoms in total. The SMILES string of the molecule is CC(=O)N1Cc2ccccc2OC2(CCCN(C(=O)CSc3nnc(C)o3)C2)C1. The molecule has 1 aromatic carbocycles. The molecule has 2 aliphatic rings. The summed E-state index contributed by atoms with van der Waals surface area (Å²) in [4.78, 5) is 28.7. The number of nitrogens with zero attached hydrogens (tertiary/aromatic N) is 4. The maximum atomic E-state index is 12.8. The molecule has 0 aliphatic carbocycles. The molecule has 0 saturated carbocycles. The number of likely N-dealkylation sites (tertiary alicyclic amines) is 1. The molecule has 1 saturated heterocycles. The highest BCUT2D eigenvalue weighted by molar-refractivity contribution is 7.99. The number of thioether (sulfide) groups is 1. The molecule has 3 heterocycles. The number of aryl methyl sites for hydroxylation is 1. The molecule has 1 atom stereocenters. The predicted molar refractivity (Wildman–Crippen MR) is 106 cm³/mol. The normalized spacial score (nSPS) is 21.4. The van der Waals surface area contributed by atoms with Crippen molar-refractivity contribution >= 4 is 23.6 Å². The summed E-state index contributed by atoms with van der Waals surface area (Å²) in [7, 11) is 0. The van der Waals surface area contributed by atoms with E-state index in [1.165, 1.54) is 11.8 Å². The second-order valence-electron chi connectivity index (χ2n) is 7.56. The number of ether oxygens (including phenoxy) is 1. The van der Waals surface area contributed by atoms with Gasteiger partial charge in [0.1, 0.15) is 11.4 Å². The molecule has 1 aromatic heterocycles. The van der Waals surface area contributed by atoms with Crippen molar-refractivity contribution in [1.29, 1.82) is 0 Å². The first kappa shape index (κ1) is 19.8. The number of benzene rings is 1. The molecule has 0 N–H and O–H groups in total. The van der Waals surface area contributed by atoms with E-state index >= 15 is 0 Å². The third-order valence-electron chi connectivity index (χ3n) is 5.30. The molecule has 154 valence electrons. The molecule has 0 radical (unpaired) electrons. The van der Waals surface area contributed by atoms with Crippen LogP contribution < -0.4 is 4.74 Å². The molecule has 2 amide bonds. The van der Waals surface area contributed by atoms with Gasteiger partial charge in [0.15, 0.2) is 0 Å². The van der Waals surface area contributed by atoms with Gasteiger partial charge in [-0.3, -0.25) is 9.59 Å². The van der Waals surface area contributed by atoms with Crippen molar-refractivity contribution in [2.45, 2.75) is 44.1 Å². The smallest absolute Gasteiger partial charge is 0.277 e. The van der Waals surface area contributed by atoms with Crippen LogP contribution in [0.1, 0.15) is 31.2 Å². The van der Waals surface area contributed by atoms with Crippen molar-refractivity contribution in [2.75, 3.05) is 25.4 Å².